The van der Waals surface area contributed by atoms with Gasteiger partial charge in [0, 0.05) is 6.54 Å². The van der Waals surface area contributed by atoms with Gasteiger partial charge in [-0.15, -0.1) is 9.24 Å². The van der Waals surface area contributed by atoms with Crippen molar-refractivity contribution in [3.63, 3.8) is 0 Å². The third-order valence-corrected chi connectivity index (χ3v) is 3.76. The van der Waals surface area contributed by atoms with Crippen LogP contribution in [0.15, 0.2) is 47.5 Å². The van der Waals surface area contributed by atoms with Gasteiger partial charge in [-0.25, -0.2) is 0 Å². The van der Waals surface area contributed by atoms with Gasteiger partial charge in [-0.05, 0) is 35.4 Å². The summed E-state index contributed by atoms with van der Waals surface area (Å²) in [6.07, 6.45) is 10.7. The molecule has 0 fully saturated rings. The molecule has 0 aromatic heterocycles. The van der Waals surface area contributed by atoms with Crippen molar-refractivity contribution in [1.29, 1.82) is 0 Å². The highest BCUT2D eigenvalue weighted by molar-refractivity contribution is 7.27. The van der Waals surface area contributed by atoms with E-state index in [1.165, 1.54) is 17.3 Å². The molecule has 1 aromatic rings. The van der Waals surface area contributed by atoms with Crippen LogP contribution in [0.25, 0.3) is 6.08 Å². The smallest absolute Gasteiger partial charge is 0.0571 e. The fourth-order valence-electron chi connectivity index (χ4n) is 1.63. The number of hydrogen-bond acceptors (Lipinski definition) is 1. The number of aliphatic imine (C=N–C) groups is 1. The Morgan fingerprint density at radius 1 is 1.25 bits per heavy atom. The molecular formula is C18H26NP. The first kappa shape index (κ1) is 16.9. The van der Waals surface area contributed by atoms with Gasteiger partial charge in [-0.1, -0.05) is 63.6 Å². The summed E-state index contributed by atoms with van der Waals surface area (Å²) in [7, 11) is 2.77. The number of allylic oxidation sites excluding steroid dienone is 3. The molecule has 0 aliphatic heterocycles. The molecule has 0 heterocycles. The van der Waals surface area contributed by atoms with Crippen LogP contribution in [0.5, 0.6) is 0 Å². The summed E-state index contributed by atoms with van der Waals surface area (Å²) in [6.45, 7) is 7.49. The molecule has 0 radical (unpaired) electrons. The quantitative estimate of drug-likeness (QED) is 0.511. The maximum Gasteiger partial charge on any atom is 0.0571 e. The van der Waals surface area contributed by atoms with Gasteiger partial charge in [0.15, 0.2) is 0 Å². The first-order valence-corrected chi connectivity index (χ1v) is 7.98. The molecule has 1 nitrogen and oxygen atoms in total. The van der Waals surface area contributed by atoms with Gasteiger partial charge >= 0.3 is 0 Å². The minimum absolute atomic E-state index is 0.641. The molecular weight excluding hydrogens is 261 g/mol. The Morgan fingerprint density at radius 3 is 2.65 bits per heavy atom. The molecule has 0 bridgehead atoms. The van der Waals surface area contributed by atoms with Crippen molar-refractivity contribution >= 4 is 26.3 Å². The standard InChI is InChI=1S/C18H26NP/c1-4-6-10-17(19-14-15(3)5-2)13-12-16-9-7-8-11-18(16)20/h6-13,15H,4-5,14,20H2,1-3H3/b10-6-,13-12-,19-17?. The van der Waals surface area contributed by atoms with E-state index in [1.54, 1.807) is 0 Å². The zero-order chi connectivity index (χ0) is 14.8. The Kier molecular flexibility index (Phi) is 8.14. The van der Waals surface area contributed by atoms with Crippen molar-refractivity contribution in [3.05, 3.63) is 48.1 Å². The van der Waals surface area contributed by atoms with Crippen molar-refractivity contribution in [2.24, 2.45) is 10.9 Å². The summed E-state index contributed by atoms with van der Waals surface area (Å²) < 4.78 is 0. The van der Waals surface area contributed by atoms with Crippen LogP contribution < -0.4 is 5.30 Å². The van der Waals surface area contributed by atoms with Crippen molar-refractivity contribution in [2.45, 2.75) is 33.6 Å². The number of hydrogen-bond donors (Lipinski definition) is 0. The fraction of sp³-hybridized carbons (Fsp3) is 0.389. The van der Waals surface area contributed by atoms with Crippen LogP contribution in [0.4, 0.5) is 0 Å². The van der Waals surface area contributed by atoms with Crippen LogP contribution in [0, 0.1) is 5.92 Å². The lowest BCUT2D eigenvalue weighted by molar-refractivity contribution is 0.577. The maximum atomic E-state index is 4.71. The highest BCUT2D eigenvalue weighted by Crippen LogP contribution is 2.05. The first-order valence-electron chi connectivity index (χ1n) is 7.40. The summed E-state index contributed by atoms with van der Waals surface area (Å²) in [5, 5.41) is 1.21. The topological polar surface area (TPSA) is 12.4 Å². The molecule has 0 amide bonds. The van der Waals surface area contributed by atoms with E-state index in [-0.39, 0.29) is 0 Å². The molecule has 0 aliphatic carbocycles. The van der Waals surface area contributed by atoms with E-state index in [0.717, 1.165) is 18.7 Å². The largest absolute Gasteiger partial charge is 0.285 e. The van der Waals surface area contributed by atoms with Gasteiger partial charge in [-0.3, -0.25) is 4.99 Å². The van der Waals surface area contributed by atoms with E-state index in [0.29, 0.717) is 5.92 Å². The fourth-order valence-corrected chi connectivity index (χ4v) is 1.93. The molecule has 108 valence electrons. The molecule has 0 saturated heterocycles. The number of benzene rings is 1. The lowest BCUT2D eigenvalue weighted by Crippen LogP contribution is -2.00. The lowest BCUT2D eigenvalue weighted by Gasteiger charge is -2.04. The highest BCUT2D eigenvalue weighted by atomic mass is 31.0. The molecule has 2 unspecified atom stereocenters. The number of nitrogens with zero attached hydrogens (tertiary/aromatic N) is 1. The second-order valence-electron chi connectivity index (χ2n) is 5.05. The van der Waals surface area contributed by atoms with Crippen LogP contribution in [0.1, 0.15) is 39.2 Å². The summed E-state index contributed by atoms with van der Waals surface area (Å²) in [6, 6.07) is 8.33. The number of rotatable bonds is 7. The Hall–Kier alpha value is -1.20. The summed E-state index contributed by atoms with van der Waals surface area (Å²) >= 11 is 0. The Bertz CT molecular complexity index is 486. The van der Waals surface area contributed by atoms with E-state index >= 15 is 0 Å². The molecule has 1 rings (SSSR count). The minimum Gasteiger partial charge on any atom is -0.285 e. The van der Waals surface area contributed by atoms with Crippen LogP contribution >= 0.6 is 9.24 Å². The van der Waals surface area contributed by atoms with E-state index in [4.69, 9.17) is 4.99 Å². The summed E-state index contributed by atoms with van der Waals surface area (Å²) in [5.74, 6) is 0.641. The molecule has 0 saturated carbocycles. The van der Waals surface area contributed by atoms with Crippen LogP contribution in [-0.4, -0.2) is 12.3 Å². The van der Waals surface area contributed by atoms with Crippen molar-refractivity contribution in [2.75, 3.05) is 6.54 Å². The lowest BCUT2D eigenvalue weighted by atomic mass is 10.1. The zero-order valence-corrected chi connectivity index (χ0v) is 14.0. The second kappa shape index (κ2) is 9.66. The average Bonchev–Trinajstić information content (AvgIpc) is 2.47. The van der Waals surface area contributed by atoms with Crippen LogP contribution in [-0.2, 0) is 0 Å². The zero-order valence-electron chi connectivity index (χ0n) is 12.8. The predicted molar refractivity (Wildman–Crippen MR) is 96.0 cm³/mol. The normalized spacial score (nSPS) is 14.3. The summed E-state index contributed by atoms with van der Waals surface area (Å²) in [5.41, 5.74) is 2.28. The molecule has 0 spiro atoms. The molecule has 0 aliphatic rings. The van der Waals surface area contributed by atoms with E-state index in [2.05, 4.69) is 78.6 Å². The Balaban J connectivity index is 2.84. The molecule has 2 atom stereocenters. The van der Waals surface area contributed by atoms with Gasteiger partial charge in [-0.2, -0.15) is 0 Å². The van der Waals surface area contributed by atoms with Gasteiger partial charge in [0.25, 0.3) is 0 Å². The second-order valence-corrected chi connectivity index (χ2v) is 5.67. The highest BCUT2D eigenvalue weighted by Gasteiger charge is 1.97. The first-order chi connectivity index (χ1) is 9.67. The van der Waals surface area contributed by atoms with Crippen molar-refractivity contribution < 1.29 is 0 Å². The van der Waals surface area contributed by atoms with E-state index in [1.807, 2.05) is 0 Å². The average molecular weight is 287 g/mol. The van der Waals surface area contributed by atoms with E-state index in [9.17, 15) is 0 Å². The third-order valence-electron chi connectivity index (χ3n) is 3.24. The monoisotopic (exact) mass is 287 g/mol. The summed E-state index contributed by atoms with van der Waals surface area (Å²) in [4.78, 5) is 4.71. The van der Waals surface area contributed by atoms with Gasteiger partial charge in [0.1, 0.15) is 0 Å². The van der Waals surface area contributed by atoms with E-state index < -0.39 is 0 Å². The van der Waals surface area contributed by atoms with Crippen molar-refractivity contribution in [1.82, 2.24) is 0 Å². The Labute approximate surface area is 126 Å². The van der Waals surface area contributed by atoms with Crippen LogP contribution in [0.3, 0.4) is 0 Å². The molecule has 1 aromatic carbocycles. The van der Waals surface area contributed by atoms with Gasteiger partial charge < -0.3 is 0 Å². The minimum atomic E-state index is 0.641. The SMILES string of the molecule is CC/C=C\C(/C=C\c1ccccc1P)=NCC(C)CC. The van der Waals surface area contributed by atoms with Gasteiger partial charge in [0.05, 0.1) is 5.71 Å². The third kappa shape index (κ3) is 6.30. The van der Waals surface area contributed by atoms with Crippen LogP contribution in [0.2, 0.25) is 0 Å². The predicted octanol–water partition coefficient (Wildman–Crippen LogP) is 4.65. The molecule has 0 N–H and O–H groups in total. The molecule has 2 heteroatoms. The maximum absolute atomic E-state index is 4.71. The molecule has 20 heavy (non-hydrogen) atoms. The van der Waals surface area contributed by atoms with Gasteiger partial charge in [0.2, 0.25) is 0 Å². The van der Waals surface area contributed by atoms with Crippen molar-refractivity contribution in [3.8, 4) is 0 Å². The Morgan fingerprint density at radius 2 is 2.00 bits per heavy atom.